The number of nitrogens with one attached hydrogen (secondary N) is 2. The third kappa shape index (κ3) is 3.56. The predicted molar refractivity (Wildman–Crippen MR) is 87.3 cm³/mol. The molecule has 3 aromatic rings. The van der Waals surface area contributed by atoms with Crippen molar-refractivity contribution in [2.45, 2.75) is 12.6 Å². The lowest BCUT2D eigenvalue weighted by Crippen LogP contribution is -2.27. The summed E-state index contributed by atoms with van der Waals surface area (Å²) in [5.74, 6) is 0.511. The topological polar surface area (TPSA) is 74.5 Å². The molecule has 0 fully saturated rings. The van der Waals surface area contributed by atoms with Gasteiger partial charge in [-0.15, -0.1) is 22.7 Å². The van der Waals surface area contributed by atoms with Crippen molar-refractivity contribution in [3.8, 4) is 0 Å². The molecule has 0 bridgehead atoms. The van der Waals surface area contributed by atoms with E-state index in [9.17, 15) is 9.90 Å². The molecule has 0 aliphatic heterocycles. The Kier molecular flexibility index (Phi) is 4.57. The average molecular weight is 334 g/mol. The van der Waals surface area contributed by atoms with Gasteiger partial charge in [0.25, 0.3) is 0 Å². The monoisotopic (exact) mass is 334 g/mol. The number of thiophene rings is 2. The molecule has 0 spiro atoms. The highest BCUT2D eigenvalue weighted by molar-refractivity contribution is 7.14. The molecule has 0 aliphatic carbocycles. The first-order valence-electron chi connectivity index (χ1n) is 6.61. The predicted octanol–water partition coefficient (Wildman–Crippen LogP) is 3.81. The molecule has 2 amide bonds. The van der Waals surface area contributed by atoms with Gasteiger partial charge in [-0.1, -0.05) is 0 Å². The van der Waals surface area contributed by atoms with Gasteiger partial charge in [-0.25, -0.2) is 4.79 Å². The third-order valence-electron chi connectivity index (χ3n) is 2.95. The Hall–Kier alpha value is -2.09. The van der Waals surface area contributed by atoms with Crippen LogP contribution >= 0.6 is 22.7 Å². The fourth-order valence-electron chi connectivity index (χ4n) is 1.90. The van der Waals surface area contributed by atoms with Crippen molar-refractivity contribution < 1.29 is 14.3 Å². The molecule has 0 saturated carbocycles. The molecule has 3 aromatic heterocycles. The van der Waals surface area contributed by atoms with Crippen molar-refractivity contribution in [2.75, 3.05) is 5.32 Å². The van der Waals surface area contributed by atoms with E-state index in [-0.39, 0.29) is 6.03 Å². The number of hydrogen-bond acceptors (Lipinski definition) is 5. The van der Waals surface area contributed by atoms with Crippen LogP contribution in [0.3, 0.4) is 0 Å². The van der Waals surface area contributed by atoms with Crippen LogP contribution < -0.4 is 10.6 Å². The number of furan rings is 1. The fraction of sp³-hybridized carbons (Fsp3) is 0.133. The minimum atomic E-state index is -0.770. The summed E-state index contributed by atoms with van der Waals surface area (Å²) in [5, 5.41) is 18.4. The summed E-state index contributed by atoms with van der Waals surface area (Å²) < 4.78 is 5.19. The minimum absolute atomic E-state index is 0.246. The van der Waals surface area contributed by atoms with Crippen molar-refractivity contribution in [1.29, 1.82) is 0 Å². The molecule has 5 nitrogen and oxygen atoms in total. The zero-order valence-electron chi connectivity index (χ0n) is 11.5. The number of aliphatic hydroxyl groups is 1. The lowest BCUT2D eigenvalue weighted by atomic mass is 10.2. The smallest absolute Gasteiger partial charge is 0.320 e. The van der Waals surface area contributed by atoms with Gasteiger partial charge in [0.15, 0.2) is 0 Å². The normalized spacial score (nSPS) is 12.0. The molecule has 7 heteroatoms. The summed E-state index contributed by atoms with van der Waals surface area (Å²) in [4.78, 5) is 13.5. The Labute approximate surface area is 135 Å². The second-order valence-electron chi connectivity index (χ2n) is 4.51. The number of amides is 2. The molecule has 1 unspecified atom stereocenters. The van der Waals surface area contributed by atoms with E-state index >= 15 is 0 Å². The van der Waals surface area contributed by atoms with E-state index in [0.717, 1.165) is 14.8 Å². The van der Waals surface area contributed by atoms with E-state index in [0.29, 0.717) is 12.3 Å². The van der Waals surface area contributed by atoms with Crippen molar-refractivity contribution >= 4 is 33.7 Å². The van der Waals surface area contributed by atoms with E-state index in [1.54, 1.807) is 12.1 Å². The van der Waals surface area contributed by atoms with Crippen LogP contribution in [0.2, 0.25) is 0 Å². The van der Waals surface area contributed by atoms with Gasteiger partial charge in [0.1, 0.15) is 11.9 Å². The maximum absolute atomic E-state index is 11.7. The van der Waals surface area contributed by atoms with Gasteiger partial charge in [0, 0.05) is 9.75 Å². The number of aliphatic hydroxyl groups excluding tert-OH is 1. The maximum atomic E-state index is 11.7. The Morgan fingerprint density at radius 2 is 2.18 bits per heavy atom. The summed E-state index contributed by atoms with van der Waals surface area (Å²) in [7, 11) is 0. The maximum Gasteiger partial charge on any atom is 0.320 e. The SMILES string of the molecule is O=C(NCc1ccc(C(O)c2ccco2)s1)Nc1cccs1. The van der Waals surface area contributed by atoms with Crippen LogP contribution in [-0.4, -0.2) is 11.1 Å². The van der Waals surface area contributed by atoms with Crippen LogP contribution in [0.1, 0.15) is 21.6 Å². The number of hydrogen-bond donors (Lipinski definition) is 3. The zero-order chi connectivity index (χ0) is 15.4. The number of rotatable bonds is 5. The Morgan fingerprint density at radius 1 is 1.27 bits per heavy atom. The van der Waals surface area contributed by atoms with E-state index in [4.69, 9.17) is 4.42 Å². The van der Waals surface area contributed by atoms with E-state index in [1.807, 2.05) is 29.6 Å². The first-order valence-corrected chi connectivity index (χ1v) is 8.30. The average Bonchev–Trinajstić information content (AvgIpc) is 3.26. The molecular formula is C15H14N2O3S2. The molecule has 22 heavy (non-hydrogen) atoms. The molecule has 0 radical (unpaired) electrons. The molecule has 3 heterocycles. The summed E-state index contributed by atoms with van der Waals surface area (Å²) in [5.41, 5.74) is 0. The number of carbonyl (C=O) groups excluding carboxylic acids is 1. The second-order valence-corrected chi connectivity index (χ2v) is 6.65. The van der Waals surface area contributed by atoms with Gasteiger partial charge in [-0.05, 0) is 41.8 Å². The van der Waals surface area contributed by atoms with Crippen LogP contribution in [0.25, 0.3) is 0 Å². The Balaban J connectivity index is 1.54. The van der Waals surface area contributed by atoms with Gasteiger partial charge < -0.3 is 14.8 Å². The van der Waals surface area contributed by atoms with Crippen molar-refractivity contribution in [3.63, 3.8) is 0 Å². The molecule has 0 aliphatic rings. The number of urea groups is 1. The minimum Gasteiger partial charge on any atom is -0.466 e. The van der Waals surface area contributed by atoms with Crippen molar-refractivity contribution in [1.82, 2.24) is 5.32 Å². The summed E-state index contributed by atoms with van der Waals surface area (Å²) in [6.07, 6.45) is 0.762. The molecule has 1 atom stereocenters. The molecule has 0 saturated heterocycles. The van der Waals surface area contributed by atoms with Crippen molar-refractivity contribution in [2.24, 2.45) is 0 Å². The Bertz CT molecular complexity index is 720. The molecule has 3 rings (SSSR count). The van der Waals surface area contributed by atoms with Crippen LogP contribution in [-0.2, 0) is 6.54 Å². The summed E-state index contributed by atoms with van der Waals surface area (Å²) in [6.45, 7) is 0.409. The van der Waals surface area contributed by atoms with Gasteiger partial charge in [-0.3, -0.25) is 5.32 Å². The summed E-state index contributed by atoms with van der Waals surface area (Å²) >= 11 is 2.91. The largest absolute Gasteiger partial charge is 0.466 e. The highest BCUT2D eigenvalue weighted by atomic mass is 32.1. The zero-order valence-corrected chi connectivity index (χ0v) is 13.1. The van der Waals surface area contributed by atoms with Crippen LogP contribution in [0.15, 0.2) is 52.5 Å². The molecule has 0 aromatic carbocycles. The molecule has 114 valence electrons. The first kappa shape index (κ1) is 14.8. The standard InChI is InChI=1S/C15H14N2O3S2/c18-14(11-3-1-7-20-11)12-6-5-10(22-12)9-16-15(19)17-13-4-2-8-21-13/h1-8,14,18H,9H2,(H2,16,17,19). The van der Waals surface area contributed by atoms with E-state index in [1.165, 1.54) is 28.9 Å². The Morgan fingerprint density at radius 3 is 2.91 bits per heavy atom. The highest BCUT2D eigenvalue weighted by Gasteiger charge is 2.15. The molecular weight excluding hydrogens is 320 g/mol. The van der Waals surface area contributed by atoms with Gasteiger partial charge in [0.2, 0.25) is 0 Å². The van der Waals surface area contributed by atoms with Crippen LogP contribution in [0.5, 0.6) is 0 Å². The van der Waals surface area contributed by atoms with E-state index in [2.05, 4.69) is 10.6 Å². The van der Waals surface area contributed by atoms with E-state index < -0.39 is 6.10 Å². The molecule has 3 N–H and O–H groups in total. The second kappa shape index (κ2) is 6.78. The van der Waals surface area contributed by atoms with Crippen molar-refractivity contribution in [3.05, 3.63) is 63.6 Å². The lowest BCUT2D eigenvalue weighted by molar-refractivity contribution is 0.193. The van der Waals surface area contributed by atoms with Gasteiger partial charge in [0.05, 0.1) is 17.8 Å². The highest BCUT2D eigenvalue weighted by Crippen LogP contribution is 2.28. The van der Waals surface area contributed by atoms with Gasteiger partial charge >= 0.3 is 6.03 Å². The quantitative estimate of drug-likeness (QED) is 0.664. The number of carbonyl (C=O) groups is 1. The fourth-order valence-corrected chi connectivity index (χ4v) is 3.46. The van der Waals surface area contributed by atoms with Crippen LogP contribution in [0.4, 0.5) is 9.80 Å². The van der Waals surface area contributed by atoms with Crippen LogP contribution in [0, 0.1) is 0 Å². The first-order chi connectivity index (χ1) is 10.7. The lowest BCUT2D eigenvalue weighted by Gasteiger charge is -2.05. The third-order valence-corrected chi connectivity index (χ3v) is 4.87. The number of anilines is 1. The van der Waals surface area contributed by atoms with Gasteiger partial charge in [-0.2, -0.15) is 0 Å². The summed E-state index contributed by atoms with van der Waals surface area (Å²) in [6, 6.07) is 10.7.